The number of carbonyl (C=O) groups is 1. The lowest BCUT2D eigenvalue weighted by molar-refractivity contribution is 0.0521. The smallest absolute Gasteiger partial charge is 0.317 e. The van der Waals surface area contributed by atoms with Crippen LogP contribution in [0.4, 0.5) is 4.79 Å². The molecule has 74 valence electrons. The monoisotopic (exact) mass is 184 g/mol. The van der Waals surface area contributed by atoms with E-state index in [9.17, 15) is 9.90 Å². The van der Waals surface area contributed by atoms with Crippen molar-refractivity contribution in [3.63, 3.8) is 0 Å². The van der Waals surface area contributed by atoms with Crippen LogP contribution >= 0.6 is 0 Å². The van der Waals surface area contributed by atoms with E-state index in [0.29, 0.717) is 0 Å². The van der Waals surface area contributed by atoms with Crippen LogP contribution in [0.3, 0.4) is 0 Å². The number of nitrogens with one attached hydrogen (secondary N) is 1. The maximum absolute atomic E-state index is 11.5. The molecule has 2 aliphatic rings. The second kappa shape index (κ2) is 3.54. The molecule has 0 unspecified atom stereocenters. The molecule has 1 aliphatic carbocycles. The van der Waals surface area contributed by atoms with Crippen LogP contribution in [0.2, 0.25) is 0 Å². The fourth-order valence-corrected chi connectivity index (χ4v) is 1.82. The minimum Gasteiger partial charge on any atom is -0.391 e. The van der Waals surface area contributed by atoms with E-state index in [0.717, 1.165) is 38.8 Å². The molecule has 2 amide bonds. The minimum absolute atomic E-state index is 0.00116. The first-order chi connectivity index (χ1) is 6.27. The van der Waals surface area contributed by atoms with E-state index in [1.807, 2.05) is 4.90 Å². The lowest BCUT2D eigenvalue weighted by Crippen LogP contribution is -2.53. The van der Waals surface area contributed by atoms with Crippen LogP contribution in [0.5, 0.6) is 0 Å². The first-order valence-corrected chi connectivity index (χ1v) is 5.01. The predicted octanol–water partition coefficient (Wildman–Crippen LogP) is 0.315. The third-order valence-corrected chi connectivity index (χ3v) is 2.94. The Bertz CT molecular complexity index is 202. The number of nitrogens with zero attached hydrogens (tertiary/aromatic N) is 1. The van der Waals surface area contributed by atoms with Crippen molar-refractivity contribution in [1.82, 2.24) is 10.2 Å². The van der Waals surface area contributed by atoms with Gasteiger partial charge in [0.2, 0.25) is 0 Å². The number of amides is 2. The highest BCUT2D eigenvalue weighted by Gasteiger charge is 2.31. The Morgan fingerprint density at radius 3 is 2.46 bits per heavy atom. The van der Waals surface area contributed by atoms with Crippen LogP contribution in [0, 0.1) is 0 Å². The van der Waals surface area contributed by atoms with Crippen molar-refractivity contribution in [2.45, 2.75) is 37.8 Å². The van der Waals surface area contributed by atoms with Gasteiger partial charge in [0, 0.05) is 13.1 Å². The van der Waals surface area contributed by atoms with E-state index in [2.05, 4.69) is 5.32 Å². The molecule has 4 nitrogen and oxygen atoms in total. The fraction of sp³-hybridized carbons (Fsp3) is 0.889. The molecule has 1 saturated carbocycles. The molecule has 0 bridgehead atoms. The van der Waals surface area contributed by atoms with E-state index in [1.54, 1.807) is 0 Å². The zero-order valence-corrected chi connectivity index (χ0v) is 7.70. The summed E-state index contributed by atoms with van der Waals surface area (Å²) in [4.78, 5) is 13.3. The van der Waals surface area contributed by atoms with Crippen LogP contribution in [0.1, 0.15) is 25.7 Å². The summed E-state index contributed by atoms with van der Waals surface area (Å²) in [5.41, 5.74) is 0. The molecule has 0 aromatic heterocycles. The van der Waals surface area contributed by atoms with Crippen LogP contribution in [-0.4, -0.2) is 41.3 Å². The summed E-state index contributed by atoms with van der Waals surface area (Å²) in [6.45, 7) is 1.74. The third-order valence-electron chi connectivity index (χ3n) is 2.94. The van der Waals surface area contributed by atoms with Crippen LogP contribution in [0.15, 0.2) is 0 Å². The summed E-state index contributed by atoms with van der Waals surface area (Å²) in [5, 5.41) is 12.1. The van der Waals surface area contributed by atoms with Gasteiger partial charge in [0.15, 0.2) is 0 Å². The molecule has 2 atom stereocenters. The number of likely N-dealkylation sites (tertiary alicyclic amines) is 1. The molecule has 0 spiro atoms. The highest BCUT2D eigenvalue weighted by Crippen LogP contribution is 2.20. The standard InChI is InChI=1S/C9H16N2O2/c12-8-4-3-7(8)10-9(13)11-5-1-2-6-11/h7-8,12H,1-6H2,(H,10,13)/t7-,8-/m1/s1. The second-order valence-electron chi connectivity index (χ2n) is 3.89. The lowest BCUT2D eigenvalue weighted by atomic mass is 9.89. The second-order valence-corrected chi connectivity index (χ2v) is 3.89. The molecule has 13 heavy (non-hydrogen) atoms. The van der Waals surface area contributed by atoms with Crippen molar-refractivity contribution in [2.24, 2.45) is 0 Å². The number of carbonyl (C=O) groups excluding carboxylic acids is 1. The molecule has 2 N–H and O–H groups in total. The van der Waals surface area contributed by atoms with Gasteiger partial charge >= 0.3 is 6.03 Å². The Kier molecular flexibility index (Phi) is 2.40. The van der Waals surface area contributed by atoms with Gasteiger partial charge < -0.3 is 15.3 Å². The van der Waals surface area contributed by atoms with E-state index in [4.69, 9.17) is 0 Å². The molecule has 2 fully saturated rings. The van der Waals surface area contributed by atoms with Gasteiger partial charge in [-0.3, -0.25) is 0 Å². The maximum atomic E-state index is 11.5. The highest BCUT2D eigenvalue weighted by molar-refractivity contribution is 5.74. The normalized spacial score (nSPS) is 32.8. The average molecular weight is 184 g/mol. The van der Waals surface area contributed by atoms with Crippen LogP contribution < -0.4 is 5.32 Å². The lowest BCUT2D eigenvalue weighted by Gasteiger charge is -2.34. The third kappa shape index (κ3) is 1.77. The van der Waals surface area contributed by atoms with Gasteiger partial charge in [-0.2, -0.15) is 0 Å². The van der Waals surface area contributed by atoms with Gasteiger partial charge in [0.25, 0.3) is 0 Å². The van der Waals surface area contributed by atoms with Crippen molar-refractivity contribution in [1.29, 1.82) is 0 Å². The van der Waals surface area contributed by atoms with Gasteiger partial charge in [-0.1, -0.05) is 0 Å². The molecule has 1 heterocycles. The molecular weight excluding hydrogens is 168 g/mol. The van der Waals surface area contributed by atoms with Gasteiger partial charge in [-0.15, -0.1) is 0 Å². The Balaban J connectivity index is 1.77. The Morgan fingerprint density at radius 1 is 1.31 bits per heavy atom. The highest BCUT2D eigenvalue weighted by atomic mass is 16.3. The minimum atomic E-state index is -0.313. The first kappa shape index (κ1) is 8.81. The van der Waals surface area contributed by atoms with Gasteiger partial charge in [-0.25, -0.2) is 4.79 Å². The van der Waals surface area contributed by atoms with Crippen molar-refractivity contribution >= 4 is 6.03 Å². The molecular formula is C9H16N2O2. The Morgan fingerprint density at radius 2 is 2.00 bits per heavy atom. The largest absolute Gasteiger partial charge is 0.391 e. The quantitative estimate of drug-likeness (QED) is 0.616. The van der Waals surface area contributed by atoms with E-state index >= 15 is 0 Å². The number of hydrogen-bond acceptors (Lipinski definition) is 2. The maximum Gasteiger partial charge on any atom is 0.317 e. The fourth-order valence-electron chi connectivity index (χ4n) is 1.82. The molecule has 4 heteroatoms. The summed E-state index contributed by atoms with van der Waals surface area (Å²) < 4.78 is 0. The molecule has 2 rings (SSSR count). The first-order valence-electron chi connectivity index (χ1n) is 5.01. The summed E-state index contributed by atoms with van der Waals surface area (Å²) in [5.74, 6) is 0. The molecule has 0 aromatic carbocycles. The number of aliphatic hydroxyl groups excluding tert-OH is 1. The summed E-state index contributed by atoms with van der Waals surface area (Å²) >= 11 is 0. The van der Waals surface area contributed by atoms with Crippen LogP contribution in [0.25, 0.3) is 0 Å². The predicted molar refractivity (Wildman–Crippen MR) is 48.4 cm³/mol. The average Bonchev–Trinajstić information content (AvgIpc) is 2.64. The number of urea groups is 1. The van der Waals surface area contributed by atoms with Crippen molar-refractivity contribution in [2.75, 3.05) is 13.1 Å². The molecule has 1 saturated heterocycles. The summed E-state index contributed by atoms with van der Waals surface area (Å²) in [6.07, 6.45) is 3.65. The van der Waals surface area contributed by atoms with Gasteiger partial charge in [0.1, 0.15) is 0 Å². The van der Waals surface area contributed by atoms with Gasteiger partial charge in [-0.05, 0) is 25.7 Å². The molecule has 0 radical (unpaired) electrons. The van der Waals surface area contributed by atoms with E-state index < -0.39 is 0 Å². The number of aliphatic hydroxyl groups is 1. The molecule has 1 aliphatic heterocycles. The topological polar surface area (TPSA) is 52.6 Å². The van der Waals surface area contributed by atoms with Gasteiger partial charge in [0.05, 0.1) is 12.1 Å². The van der Waals surface area contributed by atoms with E-state index in [1.165, 1.54) is 0 Å². The zero-order chi connectivity index (χ0) is 9.26. The Hall–Kier alpha value is -0.770. The van der Waals surface area contributed by atoms with E-state index in [-0.39, 0.29) is 18.2 Å². The number of rotatable bonds is 1. The SMILES string of the molecule is O=C(N[C@@H]1CC[C@H]1O)N1CCCC1. The Labute approximate surface area is 77.9 Å². The molecule has 0 aromatic rings. The summed E-state index contributed by atoms with van der Waals surface area (Å²) in [6, 6.07) is 0.00866. The van der Waals surface area contributed by atoms with Crippen molar-refractivity contribution in [3.8, 4) is 0 Å². The van der Waals surface area contributed by atoms with Crippen molar-refractivity contribution in [3.05, 3.63) is 0 Å². The number of hydrogen-bond donors (Lipinski definition) is 2. The van der Waals surface area contributed by atoms with Crippen molar-refractivity contribution < 1.29 is 9.90 Å². The summed E-state index contributed by atoms with van der Waals surface area (Å²) in [7, 11) is 0. The zero-order valence-electron chi connectivity index (χ0n) is 7.70. The van der Waals surface area contributed by atoms with Crippen LogP contribution in [-0.2, 0) is 0 Å².